The first-order valence-electron chi connectivity index (χ1n) is 5.31. The van der Waals surface area contributed by atoms with Crippen molar-refractivity contribution in [2.75, 3.05) is 13.7 Å². The van der Waals surface area contributed by atoms with Gasteiger partial charge in [-0.15, -0.1) is 0 Å². The molecule has 0 spiro atoms. The van der Waals surface area contributed by atoms with E-state index in [1.165, 1.54) is 7.11 Å². The summed E-state index contributed by atoms with van der Waals surface area (Å²) in [6.45, 7) is 2.26. The quantitative estimate of drug-likeness (QED) is 0.691. The van der Waals surface area contributed by atoms with E-state index in [1.54, 1.807) is 6.07 Å². The first kappa shape index (κ1) is 13.0. The Labute approximate surface area is 95.7 Å². The van der Waals surface area contributed by atoms with E-state index >= 15 is 0 Å². The molecule has 1 aromatic carbocycles. The number of ether oxygens (including phenoxy) is 1. The molecule has 0 aliphatic heterocycles. The highest BCUT2D eigenvalue weighted by Gasteiger charge is 2.21. The second kappa shape index (κ2) is 5.84. The first-order valence-corrected chi connectivity index (χ1v) is 5.31. The summed E-state index contributed by atoms with van der Waals surface area (Å²) in [5, 5.41) is 19.7. The number of hydrogen-bond donors (Lipinski definition) is 3. The van der Waals surface area contributed by atoms with E-state index in [0.717, 1.165) is 5.56 Å². The van der Waals surface area contributed by atoms with Gasteiger partial charge < -0.3 is 20.7 Å². The van der Waals surface area contributed by atoms with Gasteiger partial charge in [0.15, 0.2) is 0 Å². The lowest BCUT2D eigenvalue weighted by Crippen LogP contribution is -2.22. The van der Waals surface area contributed by atoms with Crippen LogP contribution in [0.5, 0.6) is 5.75 Å². The van der Waals surface area contributed by atoms with E-state index in [2.05, 4.69) is 0 Å². The third-order valence-corrected chi connectivity index (χ3v) is 2.53. The smallest absolute Gasteiger partial charge is 0.124 e. The molecule has 2 atom stereocenters. The summed E-state index contributed by atoms with van der Waals surface area (Å²) in [5.74, 6) is 0.578. The molecule has 4 nitrogen and oxygen atoms in total. The summed E-state index contributed by atoms with van der Waals surface area (Å²) in [6, 6.07) is 5.48. The van der Waals surface area contributed by atoms with Crippen molar-refractivity contribution in [1.29, 1.82) is 0 Å². The summed E-state index contributed by atoms with van der Waals surface area (Å²) in [4.78, 5) is 0. The highest BCUT2D eigenvalue weighted by atomic mass is 16.5. The minimum atomic E-state index is -0.960. The molecule has 0 saturated heterocycles. The fourth-order valence-corrected chi connectivity index (χ4v) is 1.62. The highest BCUT2D eigenvalue weighted by molar-refractivity contribution is 5.38. The summed E-state index contributed by atoms with van der Waals surface area (Å²) in [6.07, 6.45) is -1.46. The summed E-state index contributed by atoms with van der Waals surface area (Å²) >= 11 is 0. The number of aliphatic hydroxyl groups excluding tert-OH is 2. The van der Waals surface area contributed by atoms with Crippen molar-refractivity contribution < 1.29 is 14.9 Å². The Morgan fingerprint density at radius 3 is 2.62 bits per heavy atom. The average molecular weight is 225 g/mol. The van der Waals surface area contributed by atoms with Gasteiger partial charge in [-0.05, 0) is 32.0 Å². The Bertz CT molecular complexity index is 341. The van der Waals surface area contributed by atoms with Gasteiger partial charge in [-0.1, -0.05) is 11.6 Å². The molecule has 0 aliphatic carbocycles. The third-order valence-electron chi connectivity index (χ3n) is 2.53. The maximum Gasteiger partial charge on any atom is 0.124 e. The number of aliphatic hydroxyl groups is 2. The molecule has 0 saturated carbocycles. The second-order valence-corrected chi connectivity index (χ2v) is 3.83. The topological polar surface area (TPSA) is 75.7 Å². The van der Waals surface area contributed by atoms with Gasteiger partial charge in [0, 0.05) is 5.56 Å². The van der Waals surface area contributed by atoms with Gasteiger partial charge in [0.25, 0.3) is 0 Å². The number of aryl methyl sites for hydroxylation is 1. The molecular formula is C12H19NO3. The molecule has 1 rings (SSSR count). The molecule has 1 aromatic rings. The maximum atomic E-state index is 9.97. The zero-order chi connectivity index (χ0) is 12.1. The maximum absolute atomic E-state index is 9.97. The number of nitrogens with two attached hydrogens (primary N) is 1. The largest absolute Gasteiger partial charge is 0.496 e. The van der Waals surface area contributed by atoms with Crippen LogP contribution in [0.2, 0.25) is 0 Å². The van der Waals surface area contributed by atoms with E-state index in [4.69, 9.17) is 10.5 Å². The molecule has 0 fully saturated rings. The van der Waals surface area contributed by atoms with Gasteiger partial charge in [0.05, 0.1) is 13.2 Å². The lowest BCUT2D eigenvalue weighted by atomic mass is 9.99. The molecule has 4 N–H and O–H groups in total. The predicted molar refractivity (Wildman–Crippen MR) is 62.4 cm³/mol. The van der Waals surface area contributed by atoms with Gasteiger partial charge >= 0.3 is 0 Å². The zero-order valence-corrected chi connectivity index (χ0v) is 9.68. The van der Waals surface area contributed by atoms with Crippen LogP contribution < -0.4 is 10.5 Å². The molecule has 2 unspecified atom stereocenters. The summed E-state index contributed by atoms with van der Waals surface area (Å²) in [5.41, 5.74) is 6.95. The minimum Gasteiger partial charge on any atom is -0.496 e. The van der Waals surface area contributed by atoms with E-state index in [-0.39, 0.29) is 0 Å². The van der Waals surface area contributed by atoms with Crippen LogP contribution in [0.3, 0.4) is 0 Å². The van der Waals surface area contributed by atoms with Gasteiger partial charge in [0.2, 0.25) is 0 Å². The average Bonchev–Trinajstić information content (AvgIpc) is 2.28. The fraction of sp³-hybridized carbons (Fsp3) is 0.500. The highest BCUT2D eigenvalue weighted by Crippen LogP contribution is 2.29. The Morgan fingerprint density at radius 2 is 2.06 bits per heavy atom. The van der Waals surface area contributed by atoms with Crippen LogP contribution in [0.1, 0.15) is 23.7 Å². The third kappa shape index (κ3) is 2.95. The molecule has 0 bridgehead atoms. The van der Waals surface area contributed by atoms with Crippen molar-refractivity contribution in [2.45, 2.75) is 25.6 Å². The van der Waals surface area contributed by atoms with Crippen LogP contribution in [0.4, 0.5) is 0 Å². The van der Waals surface area contributed by atoms with Crippen LogP contribution in [0.25, 0.3) is 0 Å². The van der Waals surface area contributed by atoms with E-state index in [1.807, 2.05) is 19.1 Å². The molecule has 90 valence electrons. The van der Waals surface area contributed by atoms with Crippen molar-refractivity contribution in [2.24, 2.45) is 5.73 Å². The zero-order valence-electron chi connectivity index (χ0n) is 9.68. The molecule has 0 aliphatic rings. The predicted octanol–water partition coefficient (Wildman–Crippen LogP) is 0.747. The standard InChI is InChI=1S/C12H19NO3/c1-8-3-4-11(16-2)9(7-8)12(15)10(14)5-6-13/h3-4,7,10,12,14-15H,5-6,13H2,1-2H3. The van der Waals surface area contributed by atoms with E-state index < -0.39 is 12.2 Å². The summed E-state index contributed by atoms with van der Waals surface area (Å²) < 4.78 is 5.15. The summed E-state index contributed by atoms with van der Waals surface area (Å²) in [7, 11) is 1.54. The van der Waals surface area contributed by atoms with Gasteiger partial charge in [-0.2, -0.15) is 0 Å². The molecular weight excluding hydrogens is 206 g/mol. The Balaban J connectivity index is 2.96. The second-order valence-electron chi connectivity index (χ2n) is 3.83. The van der Waals surface area contributed by atoms with Crippen LogP contribution in [0, 0.1) is 6.92 Å². The van der Waals surface area contributed by atoms with Gasteiger partial charge in [-0.3, -0.25) is 0 Å². The number of hydrogen-bond acceptors (Lipinski definition) is 4. The van der Waals surface area contributed by atoms with Crippen LogP contribution in [-0.2, 0) is 0 Å². The normalized spacial score (nSPS) is 14.6. The van der Waals surface area contributed by atoms with E-state index in [0.29, 0.717) is 24.3 Å². The molecule has 0 amide bonds. The SMILES string of the molecule is COc1ccc(C)cc1C(O)C(O)CCN. The molecule has 16 heavy (non-hydrogen) atoms. The fourth-order valence-electron chi connectivity index (χ4n) is 1.62. The van der Waals surface area contributed by atoms with Crippen molar-refractivity contribution >= 4 is 0 Å². The van der Waals surface area contributed by atoms with Gasteiger partial charge in [-0.25, -0.2) is 0 Å². The van der Waals surface area contributed by atoms with E-state index in [9.17, 15) is 10.2 Å². The number of rotatable bonds is 5. The Hall–Kier alpha value is -1.10. The first-order chi connectivity index (χ1) is 7.60. The van der Waals surface area contributed by atoms with Crippen LogP contribution >= 0.6 is 0 Å². The molecule has 0 heterocycles. The lowest BCUT2D eigenvalue weighted by molar-refractivity contribution is 0.0137. The Kier molecular flexibility index (Phi) is 4.73. The Morgan fingerprint density at radius 1 is 1.38 bits per heavy atom. The van der Waals surface area contributed by atoms with Crippen molar-refractivity contribution in [1.82, 2.24) is 0 Å². The van der Waals surface area contributed by atoms with Crippen molar-refractivity contribution in [3.05, 3.63) is 29.3 Å². The lowest BCUT2D eigenvalue weighted by Gasteiger charge is -2.20. The molecule has 0 radical (unpaired) electrons. The number of methoxy groups -OCH3 is 1. The van der Waals surface area contributed by atoms with Crippen molar-refractivity contribution in [3.8, 4) is 5.75 Å². The number of benzene rings is 1. The monoisotopic (exact) mass is 225 g/mol. The van der Waals surface area contributed by atoms with Crippen LogP contribution in [-0.4, -0.2) is 30.0 Å². The van der Waals surface area contributed by atoms with Crippen LogP contribution in [0.15, 0.2) is 18.2 Å². The van der Waals surface area contributed by atoms with Crippen molar-refractivity contribution in [3.63, 3.8) is 0 Å². The molecule has 0 aromatic heterocycles. The molecule has 4 heteroatoms. The van der Waals surface area contributed by atoms with Gasteiger partial charge in [0.1, 0.15) is 11.9 Å². The minimum absolute atomic E-state index is 0.340.